The first kappa shape index (κ1) is 16.2. The van der Waals surface area contributed by atoms with Crippen LogP contribution in [0.5, 0.6) is 0 Å². The Balaban J connectivity index is 2.18. The van der Waals surface area contributed by atoms with Crippen LogP contribution in [0.3, 0.4) is 0 Å². The van der Waals surface area contributed by atoms with Gasteiger partial charge < -0.3 is 9.88 Å². The maximum atomic E-state index is 12.6. The van der Waals surface area contributed by atoms with Crippen molar-refractivity contribution >= 4 is 21.4 Å². The van der Waals surface area contributed by atoms with Gasteiger partial charge in [-0.1, -0.05) is 13.0 Å². The summed E-state index contributed by atoms with van der Waals surface area (Å²) in [5.74, 6) is 0. The number of hydrogen-bond donors (Lipinski definition) is 1. The van der Waals surface area contributed by atoms with Gasteiger partial charge in [0, 0.05) is 44.0 Å². The summed E-state index contributed by atoms with van der Waals surface area (Å²) in [5, 5.41) is 5.16. The van der Waals surface area contributed by atoms with Crippen molar-refractivity contribution in [1.29, 1.82) is 0 Å². The van der Waals surface area contributed by atoms with Gasteiger partial charge in [-0.05, 0) is 24.1 Å². The molecule has 2 aromatic heterocycles. The Labute approximate surface area is 130 Å². The summed E-state index contributed by atoms with van der Waals surface area (Å²) >= 11 is 1.56. The minimum absolute atomic E-state index is 0.344. The third-order valence-electron chi connectivity index (χ3n) is 3.31. The summed E-state index contributed by atoms with van der Waals surface area (Å²) in [5.41, 5.74) is 0.958. The molecule has 0 saturated carbocycles. The predicted molar refractivity (Wildman–Crippen MR) is 85.8 cm³/mol. The van der Waals surface area contributed by atoms with Crippen molar-refractivity contribution in [3.05, 3.63) is 40.3 Å². The lowest BCUT2D eigenvalue weighted by atomic mass is 10.4. The molecule has 116 valence electrons. The number of aryl methyl sites for hydroxylation is 1. The number of aromatic nitrogens is 1. The summed E-state index contributed by atoms with van der Waals surface area (Å²) in [7, 11) is 0.0327. The third kappa shape index (κ3) is 3.74. The smallest absolute Gasteiger partial charge is 0.244 e. The van der Waals surface area contributed by atoms with Gasteiger partial charge in [-0.25, -0.2) is 8.42 Å². The fourth-order valence-corrected chi connectivity index (χ4v) is 4.12. The summed E-state index contributed by atoms with van der Waals surface area (Å²) in [6, 6.07) is 5.61. The van der Waals surface area contributed by atoms with Gasteiger partial charge >= 0.3 is 0 Å². The van der Waals surface area contributed by atoms with E-state index in [2.05, 4.69) is 5.32 Å². The lowest BCUT2D eigenvalue weighted by Gasteiger charge is -2.15. The van der Waals surface area contributed by atoms with Crippen LogP contribution in [0, 0.1) is 0 Å². The van der Waals surface area contributed by atoms with Crippen molar-refractivity contribution in [2.75, 3.05) is 13.6 Å². The molecule has 1 N–H and O–H groups in total. The standard InChI is InChI=1S/C14H21N3O2S2/c1-4-15-9-12-8-14(11-16(12)2)21(18,19)17(3)10-13-6-5-7-20-13/h5-8,11,15H,4,9-10H2,1-3H3. The SMILES string of the molecule is CCNCc1cc(S(=O)(=O)N(C)Cc2cccs2)cn1C. The van der Waals surface area contributed by atoms with Gasteiger partial charge in [0.2, 0.25) is 10.0 Å². The van der Waals surface area contributed by atoms with Gasteiger partial charge in [0.1, 0.15) is 4.90 Å². The molecule has 5 nitrogen and oxygen atoms in total. The average Bonchev–Trinajstić information content (AvgIpc) is 3.06. The number of sulfonamides is 1. The minimum Gasteiger partial charge on any atom is -0.352 e. The van der Waals surface area contributed by atoms with E-state index in [-0.39, 0.29) is 0 Å². The molecular weight excluding hydrogens is 306 g/mol. The van der Waals surface area contributed by atoms with Crippen molar-refractivity contribution < 1.29 is 8.42 Å². The fraction of sp³-hybridized carbons (Fsp3) is 0.429. The van der Waals surface area contributed by atoms with E-state index < -0.39 is 10.0 Å². The first-order valence-corrected chi connectivity index (χ1v) is 9.11. The number of nitrogens with zero attached hydrogens (tertiary/aromatic N) is 2. The van der Waals surface area contributed by atoms with Crippen LogP contribution in [0.4, 0.5) is 0 Å². The minimum atomic E-state index is -3.45. The summed E-state index contributed by atoms with van der Waals surface area (Å²) in [4.78, 5) is 1.38. The van der Waals surface area contributed by atoms with Crippen LogP contribution in [0.2, 0.25) is 0 Å². The van der Waals surface area contributed by atoms with Gasteiger partial charge in [0.15, 0.2) is 0 Å². The van der Waals surface area contributed by atoms with Crippen molar-refractivity contribution in [3.8, 4) is 0 Å². The second-order valence-corrected chi connectivity index (χ2v) is 7.98. The zero-order valence-electron chi connectivity index (χ0n) is 12.5. The topological polar surface area (TPSA) is 54.3 Å². The van der Waals surface area contributed by atoms with E-state index in [1.165, 1.54) is 4.31 Å². The molecule has 0 aliphatic heterocycles. The van der Waals surface area contributed by atoms with E-state index >= 15 is 0 Å². The van der Waals surface area contributed by atoms with E-state index in [0.717, 1.165) is 17.1 Å². The van der Waals surface area contributed by atoms with Crippen molar-refractivity contribution in [1.82, 2.24) is 14.2 Å². The highest BCUT2D eigenvalue weighted by Gasteiger charge is 2.23. The van der Waals surface area contributed by atoms with Crippen molar-refractivity contribution in [2.24, 2.45) is 7.05 Å². The Hall–Kier alpha value is -1.15. The second-order valence-electron chi connectivity index (χ2n) is 4.90. The zero-order chi connectivity index (χ0) is 15.5. The van der Waals surface area contributed by atoms with E-state index in [1.807, 2.05) is 36.1 Å². The number of thiophene rings is 1. The molecular formula is C14H21N3O2S2. The molecule has 0 amide bonds. The fourth-order valence-electron chi connectivity index (χ4n) is 2.03. The Morgan fingerprint density at radius 1 is 1.43 bits per heavy atom. The maximum Gasteiger partial charge on any atom is 0.244 e. The van der Waals surface area contributed by atoms with E-state index in [9.17, 15) is 8.42 Å². The highest BCUT2D eigenvalue weighted by molar-refractivity contribution is 7.89. The van der Waals surface area contributed by atoms with Crippen LogP contribution >= 0.6 is 11.3 Å². The summed E-state index contributed by atoms with van der Waals surface area (Å²) < 4.78 is 28.4. The molecule has 0 spiro atoms. The number of rotatable bonds is 7. The molecule has 0 saturated heterocycles. The maximum absolute atomic E-state index is 12.6. The van der Waals surface area contributed by atoms with Gasteiger partial charge in [0.25, 0.3) is 0 Å². The molecule has 0 fully saturated rings. The Morgan fingerprint density at radius 3 is 2.81 bits per heavy atom. The number of hydrogen-bond acceptors (Lipinski definition) is 4. The molecule has 2 heterocycles. The van der Waals surface area contributed by atoms with Crippen molar-refractivity contribution in [2.45, 2.75) is 24.9 Å². The van der Waals surface area contributed by atoms with Crippen LogP contribution in [0.1, 0.15) is 17.5 Å². The van der Waals surface area contributed by atoms with Crippen molar-refractivity contribution in [3.63, 3.8) is 0 Å². The van der Waals surface area contributed by atoms with Crippen LogP contribution in [0.25, 0.3) is 0 Å². The quantitative estimate of drug-likeness (QED) is 0.846. The van der Waals surface area contributed by atoms with Crippen LogP contribution in [-0.4, -0.2) is 30.9 Å². The van der Waals surface area contributed by atoms with Gasteiger partial charge in [0.05, 0.1) is 0 Å². The molecule has 0 aromatic carbocycles. The Morgan fingerprint density at radius 2 is 2.19 bits per heavy atom. The highest BCUT2D eigenvalue weighted by Crippen LogP contribution is 2.20. The Bertz CT molecular complexity index is 675. The summed E-state index contributed by atoms with van der Waals surface area (Å²) in [6.45, 7) is 3.94. The number of nitrogens with one attached hydrogen (secondary N) is 1. The molecule has 0 atom stereocenters. The first-order chi connectivity index (χ1) is 9.95. The van der Waals surface area contributed by atoms with Crippen LogP contribution in [0.15, 0.2) is 34.7 Å². The second kappa shape index (κ2) is 6.74. The molecule has 0 unspecified atom stereocenters. The van der Waals surface area contributed by atoms with E-state index in [0.29, 0.717) is 18.0 Å². The first-order valence-electron chi connectivity index (χ1n) is 6.80. The lowest BCUT2D eigenvalue weighted by Crippen LogP contribution is -2.25. The predicted octanol–water partition coefficient (Wildman–Crippen LogP) is 2.02. The molecule has 21 heavy (non-hydrogen) atoms. The molecule has 0 radical (unpaired) electrons. The monoisotopic (exact) mass is 327 g/mol. The Kier molecular flexibility index (Phi) is 5.21. The molecule has 0 bridgehead atoms. The summed E-state index contributed by atoms with van der Waals surface area (Å²) in [6.07, 6.45) is 1.67. The largest absolute Gasteiger partial charge is 0.352 e. The molecule has 0 aliphatic rings. The van der Waals surface area contributed by atoms with Gasteiger partial charge in [-0.2, -0.15) is 4.31 Å². The van der Waals surface area contributed by atoms with Crippen LogP contribution in [-0.2, 0) is 30.2 Å². The zero-order valence-corrected chi connectivity index (χ0v) is 14.2. The molecule has 2 aromatic rings. The van der Waals surface area contributed by atoms with Crippen LogP contribution < -0.4 is 5.32 Å². The van der Waals surface area contributed by atoms with Gasteiger partial charge in [-0.3, -0.25) is 0 Å². The highest BCUT2D eigenvalue weighted by atomic mass is 32.2. The molecule has 2 rings (SSSR count). The van der Waals surface area contributed by atoms with E-state index in [1.54, 1.807) is 30.6 Å². The normalized spacial score (nSPS) is 12.2. The lowest BCUT2D eigenvalue weighted by molar-refractivity contribution is 0.469. The van der Waals surface area contributed by atoms with Gasteiger partial charge in [-0.15, -0.1) is 11.3 Å². The molecule has 7 heteroatoms. The van der Waals surface area contributed by atoms with E-state index in [4.69, 9.17) is 0 Å². The molecule has 0 aliphatic carbocycles. The third-order valence-corrected chi connectivity index (χ3v) is 5.94. The average molecular weight is 327 g/mol.